The van der Waals surface area contributed by atoms with Gasteiger partial charge in [-0.25, -0.2) is 0 Å². The van der Waals surface area contributed by atoms with E-state index < -0.39 is 0 Å². The summed E-state index contributed by atoms with van der Waals surface area (Å²) >= 11 is 1.13. The van der Waals surface area contributed by atoms with Crippen molar-refractivity contribution in [1.29, 1.82) is 0 Å². The van der Waals surface area contributed by atoms with Crippen molar-refractivity contribution in [3.05, 3.63) is 18.2 Å². The number of fused-ring (bicyclic) bond motifs is 1. The fourth-order valence-corrected chi connectivity index (χ4v) is 3.20. The Morgan fingerprint density at radius 2 is 2.33 bits per heavy atom. The lowest BCUT2D eigenvalue weighted by Gasteiger charge is -2.31. The van der Waals surface area contributed by atoms with Crippen LogP contribution in [0.25, 0.3) is 11.0 Å². The monoisotopic (exact) mass is 304 g/mol. The maximum atomic E-state index is 12.2. The molecule has 1 N–H and O–H groups in total. The summed E-state index contributed by atoms with van der Waals surface area (Å²) in [6, 6.07) is 5.38. The van der Waals surface area contributed by atoms with Crippen molar-refractivity contribution in [2.75, 3.05) is 18.4 Å². The quantitative estimate of drug-likeness (QED) is 0.870. The number of carbonyl (C=O) groups excluding carboxylic acids is 2. The summed E-state index contributed by atoms with van der Waals surface area (Å²) in [5, 5.41) is 2.87. The van der Waals surface area contributed by atoms with E-state index in [1.54, 1.807) is 0 Å². The molecule has 0 radical (unpaired) electrons. The number of aldehydes is 1. The zero-order chi connectivity index (χ0) is 14.7. The van der Waals surface area contributed by atoms with Crippen LogP contribution in [0.3, 0.4) is 0 Å². The minimum atomic E-state index is -0.138. The lowest BCUT2D eigenvalue weighted by Crippen LogP contribution is -2.44. The van der Waals surface area contributed by atoms with Crippen molar-refractivity contribution in [3.63, 3.8) is 0 Å². The summed E-state index contributed by atoms with van der Waals surface area (Å²) in [5.74, 6) is -0.121. The van der Waals surface area contributed by atoms with Crippen LogP contribution < -0.4 is 5.32 Å². The predicted molar refractivity (Wildman–Crippen MR) is 81.3 cm³/mol. The maximum Gasteiger partial charge on any atom is 0.238 e. The van der Waals surface area contributed by atoms with Crippen molar-refractivity contribution in [2.45, 2.75) is 25.3 Å². The molecule has 1 fully saturated rings. The van der Waals surface area contributed by atoms with Gasteiger partial charge in [0.15, 0.2) is 0 Å². The van der Waals surface area contributed by atoms with Crippen molar-refractivity contribution >= 4 is 40.6 Å². The van der Waals surface area contributed by atoms with Crippen LogP contribution in [0.5, 0.6) is 0 Å². The van der Waals surface area contributed by atoms with Crippen LogP contribution in [0.2, 0.25) is 0 Å². The number of hydrogen-bond acceptors (Lipinski definition) is 6. The molecule has 3 rings (SSSR count). The average molecular weight is 304 g/mol. The SMILES string of the molecule is O=CC1CCCCN1CC(=O)Nc1cccc2nsnc12. The molecule has 6 nitrogen and oxygen atoms in total. The molecule has 110 valence electrons. The Morgan fingerprint density at radius 1 is 1.43 bits per heavy atom. The van der Waals surface area contributed by atoms with Gasteiger partial charge in [-0.1, -0.05) is 12.5 Å². The molecule has 0 bridgehead atoms. The zero-order valence-electron chi connectivity index (χ0n) is 11.5. The van der Waals surface area contributed by atoms with Gasteiger partial charge in [0, 0.05) is 0 Å². The second-order valence-electron chi connectivity index (χ2n) is 5.16. The molecule has 0 spiro atoms. The van der Waals surface area contributed by atoms with Gasteiger partial charge in [0.1, 0.15) is 17.3 Å². The number of rotatable bonds is 4. The Morgan fingerprint density at radius 3 is 3.19 bits per heavy atom. The average Bonchev–Trinajstić information content (AvgIpc) is 2.97. The Labute approximate surface area is 126 Å². The van der Waals surface area contributed by atoms with Crippen LogP contribution in [0.15, 0.2) is 18.2 Å². The summed E-state index contributed by atoms with van der Waals surface area (Å²) in [4.78, 5) is 25.2. The fourth-order valence-electron chi connectivity index (χ4n) is 2.65. The van der Waals surface area contributed by atoms with Gasteiger partial charge in [-0.15, -0.1) is 0 Å². The molecule has 1 atom stereocenters. The topological polar surface area (TPSA) is 75.2 Å². The second kappa shape index (κ2) is 6.28. The molecule has 21 heavy (non-hydrogen) atoms. The highest BCUT2D eigenvalue weighted by Crippen LogP contribution is 2.21. The molecule has 1 aliphatic heterocycles. The molecule has 1 aromatic heterocycles. The van der Waals surface area contributed by atoms with E-state index in [-0.39, 0.29) is 18.5 Å². The van der Waals surface area contributed by atoms with E-state index in [2.05, 4.69) is 14.1 Å². The first kappa shape index (κ1) is 14.1. The van der Waals surface area contributed by atoms with Crippen LogP contribution in [0, 0.1) is 0 Å². The van der Waals surface area contributed by atoms with E-state index in [4.69, 9.17) is 0 Å². The zero-order valence-corrected chi connectivity index (χ0v) is 12.3. The number of amides is 1. The maximum absolute atomic E-state index is 12.2. The van der Waals surface area contributed by atoms with Gasteiger partial charge in [-0.2, -0.15) is 8.75 Å². The summed E-state index contributed by atoms with van der Waals surface area (Å²) in [6.45, 7) is 1.02. The molecule has 1 amide bonds. The van der Waals surface area contributed by atoms with Crippen molar-refractivity contribution in [2.24, 2.45) is 0 Å². The summed E-state index contributed by atoms with van der Waals surface area (Å²) < 4.78 is 8.35. The van der Waals surface area contributed by atoms with E-state index in [1.807, 2.05) is 23.1 Å². The van der Waals surface area contributed by atoms with E-state index in [1.165, 1.54) is 0 Å². The number of piperidine rings is 1. The molecule has 2 heterocycles. The molecule has 1 aliphatic rings. The lowest BCUT2D eigenvalue weighted by atomic mass is 10.0. The standard InChI is InChI=1S/C14H16N4O2S/c19-9-10-4-1-2-7-18(10)8-13(20)15-11-5-3-6-12-14(11)17-21-16-12/h3,5-6,9-10H,1-2,4,7-8H2,(H,15,20). The van der Waals surface area contributed by atoms with Crippen LogP contribution in [-0.2, 0) is 9.59 Å². The smallest absolute Gasteiger partial charge is 0.238 e. The number of nitrogens with zero attached hydrogens (tertiary/aromatic N) is 3. The van der Waals surface area contributed by atoms with E-state index in [0.29, 0.717) is 11.2 Å². The van der Waals surface area contributed by atoms with Gasteiger partial charge in [0.2, 0.25) is 5.91 Å². The fraction of sp³-hybridized carbons (Fsp3) is 0.429. The Kier molecular flexibility index (Phi) is 4.21. The Balaban J connectivity index is 1.68. The molecular weight excluding hydrogens is 288 g/mol. The van der Waals surface area contributed by atoms with Crippen LogP contribution in [0.1, 0.15) is 19.3 Å². The van der Waals surface area contributed by atoms with Gasteiger partial charge >= 0.3 is 0 Å². The molecule has 7 heteroatoms. The predicted octanol–water partition coefficient (Wildman–Crippen LogP) is 1.68. The second-order valence-corrected chi connectivity index (χ2v) is 5.68. The summed E-state index contributed by atoms with van der Waals surface area (Å²) in [7, 11) is 0. The first-order chi connectivity index (χ1) is 10.3. The van der Waals surface area contributed by atoms with Crippen molar-refractivity contribution < 1.29 is 9.59 Å². The molecule has 1 aromatic carbocycles. The normalized spacial score (nSPS) is 19.5. The van der Waals surface area contributed by atoms with Crippen LogP contribution >= 0.6 is 11.7 Å². The molecule has 0 saturated carbocycles. The van der Waals surface area contributed by atoms with E-state index >= 15 is 0 Å². The number of anilines is 1. The van der Waals surface area contributed by atoms with Gasteiger partial charge in [0.05, 0.1) is 30.0 Å². The molecular formula is C14H16N4O2S. The minimum absolute atomic E-state index is 0.121. The lowest BCUT2D eigenvalue weighted by molar-refractivity contribution is -0.120. The molecule has 2 aromatic rings. The first-order valence-corrected chi connectivity index (χ1v) is 7.71. The highest BCUT2D eigenvalue weighted by molar-refractivity contribution is 7.00. The molecule has 1 saturated heterocycles. The van der Waals surface area contributed by atoms with Crippen molar-refractivity contribution in [1.82, 2.24) is 13.6 Å². The van der Waals surface area contributed by atoms with Gasteiger partial charge in [-0.05, 0) is 31.5 Å². The largest absolute Gasteiger partial charge is 0.323 e. The Hall–Kier alpha value is -1.86. The number of hydrogen-bond donors (Lipinski definition) is 1. The highest BCUT2D eigenvalue weighted by atomic mass is 32.1. The molecule has 0 aliphatic carbocycles. The summed E-state index contributed by atoms with van der Waals surface area (Å²) in [6.07, 6.45) is 3.86. The van der Waals surface area contributed by atoms with Gasteiger partial charge in [0.25, 0.3) is 0 Å². The Bertz CT molecular complexity index is 657. The van der Waals surface area contributed by atoms with Gasteiger partial charge < -0.3 is 10.1 Å². The minimum Gasteiger partial charge on any atom is -0.323 e. The van der Waals surface area contributed by atoms with Gasteiger partial charge in [-0.3, -0.25) is 9.69 Å². The van der Waals surface area contributed by atoms with Crippen LogP contribution in [0.4, 0.5) is 5.69 Å². The highest BCUT2D eigenvalue weighted by Gasteiger charge is 2.23. The van der Waals surface area contributed by atoms with Crippen LogP contribution in [-0.4, -0.2) is 45.0 Å². The number of aromatic nitrogens is 2. The van der Waals surface area contributed by atoms with E-state index in [0.717, 1.165) is 49.3 Å². The number of carbonyl (C=O) groups is 2. The van der Waals surface area contributed by atoms with Crippen molar-refractivity contribution in [3.8, 4) is 0 Å². The number of benzene rings is 1. The number of nitrogens with one attached hydrogen (secondary N) is 1. The summed E-state index contributed by atoms with van der Waals surface area (Å²) in [5.41, 5.74) is 2.16. The first-order valence-electron chi connectivity index (χ1n) is 6.98. The number of likely N-dealkylation sites (tertiary alicyclic amines) is 1. The molecule has 1 unspecified atom stereocenters. The third kappa shape index (κ3) is 3.08. The van der Waals surface area contributed by atoms with E-state index in [9.17, 15) is 9.59 Å². The third-order valence-corrected chi connectivity index (χ3v) is 4.27. The third-order valence-electron chi connectivity index (χ3n) is 3.73.